The van der Waals surface area contributed by atoms with Gasteiger partial charge in [-0.1, -0.05) is 0 Å². The van der Waals surface area contributed by atoms with E-state index in [-0.39, 0.29) is 17.8 Å². The van der Waals surface area contributed by atoms with Gasteiger partial charge in [-0.05, 0) is 20.3 Å². The van der Waals surface area contributed by atoms with E-state index >= 15 is 0 Å². The Morgan fingerprint density at radius 2 is 2.31 bits per heavy atom. The van der Waals surface area contributed by atoms with E-state index < -0.39 is 11.5 Å². The van der Waals surface area contributed by atoms with Crippen LogP contribution in [0.25, 0.3) is 0 Å². The number of carbonyl (C=O) groups is 1. The molecule has 0 saturated heterocycles. The van der Waals surface area contributed by atoms with E-state index in [2.05, 4.69) is 15.3 Å². The van der Waals surface area contributed by atoms with Crippen molar-refractivity contribution in [3.8, 4) is 0 Å². The van der Waals surface area contributed by atoms with E-state index in [4.69, 9.17) is 5.11 Å². The summed E-state index contributed by atoms with van der Waals surface area (Å²) in [6.07, 6.45) is 3.37. The van der Waals surface area contributed by atoms with Crippen LogP contribution < -0.4 is 10.9 Å². The van der Waals surface area contributed by atoms with Gasteiger partial charge in [0.25, 0.3) is 5.56 Å². The van der Waals surface area contributed by atoms with E-state index in [1.807, 2.05) is 13.8 Å². The maximum Gasteiger partial charge on any atom is 0.303 e. The Morgan fingerprint density at radius 3 is 2.88 bits per heavy atom. The van der Waals surface area contributed by atoms with Crippen molar-refractivity contribution >= 4 is 11.8 Å². The number of nitrogens with zero attached hydrogens (tertiary/aromatic N) is 1. The van der Waals surface area contributed by atoms with Crippen LogP contribution in [0.3, 0.4) is 0 Å². The molecule has 1 aromatic rings. The average Bonchev–Trinajstić information content (AvgIpc) is 2.19. The third-order valence-electron chi connectivity index (χ3n) is 2.13. The van der Waals surface area contributed by atoms with E-state index in [0.717, 1.165) is 0 Å². The van der Waals surface area contributed by atoms with Gasteiger partial charge < -0.3 is 15.4 Å². The van der Waals surface area contributed by atoms with Crippen LogP contribution in [0.5, 0.6) is 0 Å². The molecule has 1 rings (SSSR count). The van der Waals surface area contributed by atoms with Crippen LogP contribution in [0.15, 0.2) is 17.2 Å². The normalized spacial score (nSPS) is 11.1. The first kappa shape index (κ1) is 12.2. The molecule has 0 aliphatic heterocycles. The molecule has 1 heterocycles. The van der Waals surface area contributed by atoms with Crippen molar-refractivity contribution in [2.75, 3.05) is 5.32 Å². The summed E-state index contributed by atoms with van der Waals surface area (Å²) in [7, 11) is 0. The number of aliphatic carboxylic acids is 1. The zero-order chi connectivity index (χ0) is 12.2. The summed E-state index contributed by atoms with van der Waals surface area (Å²) in [4.78, 5) is 28.2. The lowest BCUT2D eigenvalue weighted by molar-refractivity contribution is -0.137. The number of H-pyrrole nitrogens is 1. The average molecular weight is 225 g/mol. The van der Waals surface area contributed by atoms with Gasteiger partial charge in [0, 0.05) is 24.4 Å². The zero-order valence-electron chi connectivity index (χ0n) is 9.28. The van der Waals surface area contributed by atoms with Gasteiger partial charge in [0.05, 0.1) is 0 Å². The summed E-state index contributed by atoms with van der Waals surface area (Å²) in [5, 5.41) is 11.5. The summed E-state index contributed by atoms with van der Waals surface area (Å²) in [5.74, 6) is -0.650. The van der Waals surface area contributed by atoms with Crippen molar-refractivity contribution in [3.05, 3.63) is 22.7 Å². The fourth-order valence-electron chi connectivity index (χ4n) is 1.24. The molecule has 0 aliphatic rings. The van der Waals surface area contributed by atoms with E-state index in [1.165, 1.54) is 12.4 Å². The van der Waals surface area contributed by atoms with Crippen LogP contribution in [0.2, 0.25) is 0 Å². The van der Waals surface area contributed by atoms with Crippen LogP contribution in [-0.4, -0.2) is 26.6 Å². The Kier molecular flexibility index (Phi) is 3.65. The number of nitrogens with one attached hydrogen (secondary N) is 2. The third-order valence-corrected chi connectivity index (χ3v) is 2.13. The first-order valence-corrected chi connectivity index (χ1v) is 4.94. The maximum absolute atomic E-state index is 11.3. The lowest BCUT2D eigenvalue weighted by atomic mass is 9.98. The van der Waals surface area contributed by atoms with Crippen molar-refractivity contribution in [2.45, 2.75) is 32.2 Å². The van der Waals surface area contributed by atoms with Crippen molar-refractivity contribution in [2.24, 2.45) is 0 Å². The monoisotopic (exact) mass is 225 g/mol. The Balaban J connectivity index is 2.69. The predicted molar refractivity (Wildman–Crippen MR) is 59.4 cm³/mol. The highest BCUT2D eigenvalue weighted by Gasteiger charge is 2.20. The molecule has 88 valence electrons. The number of aromatic nitrogens is 2. The van der Waals surface area contributed by atoms with Crippen LogP contribution in [-0.2, 0) is 4.79 Å². The predicted octanol–water partition coefficient (Wildman–Crippen LogP) is 0.825. The second-order valence-electron chi connectivity index (χ2n) is 4.17. The Hall–Kier alpha value is -1.85. The number of anilines is 1. The largest absolute Gasteiger partial charge is 0.481 e. The van der Waals surface area contributed by atoms with Gasteiger partial charge in [0.2, 0.25) is 0 Å². The van der Waals surface area contributed by atoms with Crippen molar-refractivity contribution in [1.29, 1.82) is 0 Å². The minimum atomic E-state index is -0.857. The topological polar surface area (TPSA) is 95.1 Å². The molecule has 0 spiro atoms. The van der Waals surface area contributed by atoms with Crippen LogP contribution >= 0.6 is 0 Å². The molecule has 3 N–H and O–H groups in total. The number of hydrogen-bond donors (Lipinski definition) is 3. The molecule has 0 aliphatic carbocycles. The fraction of sp³-hybridized carbons (Fsp3) is 0.500. The minimum Gasteiger partial charge on any atom is -0.481 e. The molecular weight excluding hydrogens is 210 g/mol. The first-order chi connectivity index (χ1) is 7.41. The molecular formula is C10H15N3O3. The molecule has 0 atom stereocenters. The van der Waals surface area contributed by atoms with Gasteiger partial charge in [-0.25, -0.2) is 4.98 Å². The van der Waals surface area contributed by atoms with Crippen molar-refractivity contribution in [3.63, 3.8) is 0 Å². The van der Waals surface area contributed by atoms with Crippen LogP contribution in [0.1, 0.15) is 26.7 Å². The molecule has 0 bridgehead atoms. The van der Waals surface area contributed by atoms with E-state index in [1.54, 1.807) is 0 Å². The molecule has 6 heteroatoms. The quantitative estimate of drug-likeness (QED) is 0.689. The number of rotatable bonds is 5. The van der Waals surface area contributed by atoms with E-state index in [0.29, 0.717) is 6.42 Å². The lowest BCUT2D eigenvalue weighted by Gasteiger charge is -2.25. The van der Waals surface area contributed by atoms with Crippen molar-refractivity contribution < 1.29 is 9.90 Å². The van der Waals surface area contributed by atoms with Gasteiger partial charge in [-0.2, -0.15) is 0 Å². The summed E-state index contributed by atoms with van der Waals surface area (Å²) < 4.78 is 0. The van der Waals surface area contributed by atoms with Gasteiger partial charge in [0.1, 0.15) is 0 Å². The highest BCUT2D eigenvalue weighted by atomic mass is 16.4. The zero-order valence-corrected chi connectivity index (χ0v) is 9.28. The number of carboxylic acids is 1. The molecule has 0 fully saturated rings. The van der Waals surface area contributed by atoms with Crippen molar-refractivity contribution in [1.82, 2.24) is 9.97 Å². The molecule has 6 nitrogen and oxygen atoms in total. The van der Waals surface area contributed by atoms with Gasteiger partial charge in [-0.15, -0.1) is 0 Å². The maximum atomic E-state index is 11.3. The van der Waals surface area contributed by atoms with Gasteiger partial charge in [-0.3, -0.25) is 9.59 Å². The van der Waals surface area contributed by atoms with E-state index in [9.17, 15) is 9.59 Å². The second kappa shape index (κ2) is 4.78. The first-order valence-electron chi connectivity index (χ1n) is 4.94. The lowest BCUT2D eigenvalue weighted by Crippen LogP contribution is -2.34. The number of carboxylic acid groups (broad SMARTS) is 1. The Labute approximate surface area is 92.7 Å². The number of hydrogen-bond acceptors (Lipinski definition) is 4. The summed E-state index contributed by atoms with van der Waals surface area (Å²) in [6, 6.07) is 0. The molecule has 0 aromatic carbocycles. The smallest absolute Gasteiger partial charge is 0.303 e. The molecule has 0 saturated carbocycles. The molecule has 0 amide bonds. The highest BCUT2D eigenvalue weighted by Crippen LogP contribution is 2.15. The molecule has 0 radical (unpaired) electrons. The third kappa shape index (κ3) is 3.72. The Morgan fingerprint density at radius 1 is 1.62 bits per heavy atom. The molecule has 1 aromatic heterocycles. The van der Waals surface area contributed by atoms with Gasteiger partial charge >= 0.3 is 5.97 Å². The highest BCUT2D eigenvalue weighted by molar-refractivity contribution is 5.66. The second-order valence-corrected chi connectivity index (χ2v) is 4.17. The molecule has 0 unspecified atom stereocenters. The summed E-state index contributed by atoms with van der Waals surface area (Å²) in [5.41, 5.74) is -0.800. The standard InChI is InChI=1S/C10H15N3O3/c1-10(2,4-3-7(14)15)13-8-9(16)12-6-5-11-8/h5-6H,3-4H2,1-2H3,(H,11,13)(H,12,16)(H,14,15). The fourth-order valence-corrected chi connectivity index (χ4v) is 1.24. The summed E-state index contributed by atoms with van der Waals surface area (Å²) >= 11 is 0. The summed E-state index contributed by atoms with van der Waals surface area (Å²) in [6.45, 7) is 3.65. The van der Waals surface area contributed by atoms with Gasteiger partial charge in [0.15, 0.2) is 5.82 Å². The number of aromatic amines is 1. The Bertz CT molecular complexity index is 425. The molecule has 16 heavy (non-hydrogen) atoms. The van der Waals surface area contributed by atoms with Crippen LogP contribution in [0, 0.1) is 0 Å². The SMILES string of the molecule is CC(C)(CCC(=O)O)Nc1ncc[nH]c1=O. The van der Waals surface area contributed by atoms with Crippen LogP contribution in [0.4, 0.5) is 5.82 Å². The minimum absolute atomic E-state index is 0.0464.